The molecule has 2 rings (SSSR count). The first kappa shape index (κ1) is 17.5. The number of esters is 1. The summed E-state index contributed by atoms with van der Waals surface area (Å²) in [6, 6.07) is 10.5. The van der Waals surface area contributed by atoms with Gasteiger partial charge in [0, 0.05) is 6.54 Å². The van der Waals surface area contributed by atoms with Gasteiger partial charge in [-0.2, -0.15) is 0 Å². The molecule has 2 aromatic rings. The molecule has 0 aliphatic heterocycles. The Morgan fingerprint density at radius 2 is 1.83 bits per heavy atom. The number of rotatable bonds is 6. The molecule has 0 heterocycles. The van der Waals surface area contributed by atoms with Gasteiger partial charge in [-0.25, -0.2) is 9.18 Å². The number of anilines is 2. The first-order chi connectivity index (χ1) is 11.6. The maximum Gasteiger partial charge on any atom is 0.338 e. The van der Waals surface area contributed by atoms with E-state index in [0.717, 1.165) is 0 Å². The zero-order valence-electron chi connectivity index (χ0n) is 13.6. The molecule has 0 unspecified atom stereocenters. The van der Waals surface area contributed by atoms with Crippen LogP contribution >= 0.6 is 0 Å². The van der Waals surface area contributed by atoms with Gasteiger partial charge in [0.2, 0.25) is 0 Å². The first-order valence-electron chi connectivity index (χ1n) is 7.67. The number of benzene rings is 2. The summed E-state index contributed by atoms with van der Waals surface area (Å²) in [5, 5.41) is 5.73. The summed E-state index contributed by atoms with van der Waals surface area (Å²) < 4.78 is 18.7. The molecular weight excluding hydrogens is 311 g/mol. The third kappa shape index (κ3) is 4.10. The molecule has 0 bridgehead atoms. The maximum atomic E-state index is 13.7. The van der Waals surface area contributed by atoms with Gasteiger partial charge in [0.1, 0.15) is 5.82 Å². The van der Waals surface area contributed by atoms with Gasteiger partial charge in [-0.3, -0.25) is 4.79 Å². The Morgan fingerprint density at radius 3 is 2.50 bits per heavy atom. The predicted molar refractivity (Wildman–Crippen MR) is 90.9 cm³/mol. The molecule has 24 heavy (non-hydrogen) atoms. The third-order valence-electron chi connectivity index (χ3n) is 3.26. The van der Waals surface area contributed by atoms with E-state index in [4.69, 9.17) is 4.74 Å². The summed E-state index contributed by atoms with van der Waals surface area (Å²) in [4.78, 5) is 24.2. The van der Waals surface area contributed by atoms with Crippen LogP contribution in [0.25, 0.3) is 0 Å². The van der Waals surface area contributed by atoms with Crippen LogP contribution in [0.2, 0.25) is 0 Å². The minimum Gasteiger partial charge on any atom is -0.462 e. The Labute approximate surface area is 139 Å². The van der Waals surface area contributed by atoms with E-state index in [1.165, 1.54) is 24.3 Å². The van der Waals surface area contributed by atoms with Crippen molar-refractivity contribution in [3.63, 3.8) is 0 Å². The van der Waals surface area contributed by atoms with Crippen LogP contribution in [0.3, 0.4) is 0 Å². The van der Waals surface area contributed by atoms with E-state index in [2.05, 4.69) is 10.6 Å². The smallest absolute Gasteiger partial charge is 0.338 e. The molecule has 0 aliphatic rings. The van der Waals surface area contributed by atoms with Gasteiger partial charge in [0.25, 0.3) is 5.91 Å². The van der Waals surface area contributed by atoms with Crippen LogP contribution in [-0.2, 0) is 4.74 Å². The fraction of sp³-hybridized carbons (Fsp3) is 0.222. The summed E-state index contributed by atoms with van der Waals surface area (Å²) in [6.45, 7) is 4.50. The average molecular weight is 330 g/mol. The number of nitrogens with one attached hydrogen (secondary N) is 2. The van der Waals surface area contributed by atoms with E-state index in [9.17, 15) is 14.0 Å². The van der Waals surface area contributed by atoms with E-state index in [-0.39, 0.29) is 12.2 Å². The van der Waals surface area contributed by atoms with Crippen molar-refractivity contribution in [3.05, 3.63) is 59.4 Å². The van der Waals surface area contributed by atoms with Gasteiger partial charge in [-0.1, -0.05) is 12.1 Å². The van der Waals surface area contributed by atoms with E-state index >= 15 is 0 Å². The highest BCUT2D eigenvalue weighted by atomic mass is 19.1. The van der Waals surface area contributed by atoms with Crippen molar-refractivity contribution >= 4 is 23.3 Å². The molecule has 0 fully saturated rings. The van der Waals surface area contributed by atoms with Crippen LogP contribution in [-0.4, -0.2) is 25.0 Å². The minimum atomic E-state index is -0.610. The predicted octanol–water partition coefficient (Wildman–Crippen LogP) is 3.69. The first-order valence-corrected chi connectivity index (χ1v) is 7.67. The van der Waals surface area contributed by atoms with E-state index in [0.29, 0.717) is 23.5 Å². The summed E-state index contributed by atoms with van der Waals surface area (Å²) in [5.41, 5.74) is 1.26. The van der Waals surface area contributed by atoms with Gasteiger partial charge in [0.15, 0.2) is 0 Å². The number of hydrogen-bond acceptors (Lipinski definition) is 4. The van der Waals surface area contributed by atoms with Crippen molar-refractivity contribution in [1.82, 2.24) is 0 Å². The molecule has 0 atom stereocenters. The molecule has 2 N–H and O–H groups in total. The van der Waals surface area contributed by atoms with Gasteiger partial charge in [0.05, 0.1) is 29.1 Å². The molecule has 5 nitrogen and oxygen atoms in total. The number of halogens is 1. The standard InChI is InChI=1S/C18H19FN2O3/c1-3-20-15-10-9-12(18(23)24-4-2)11-16(15)21-17(22)13-7-5-6-8-14(13)19/h5-11,20H,3-4H2,1-2H3,(H,21,22). The molecule has 2 aromatic carbocycles. The lowest BCUT2D eigenvalue weighted by Gasteiger charge is -2.14. The summed E-state index contributed by atoms with van der Waals surface area (Å²) >= 11 is 0. The van der Waals surface area contributed by atoms with Gasteiger partial charge in [-0.15, -0.1) is 0 Å². The van der Waals surface area contributed by atoms with Crippen molar-refractivity contribution in [1.29, 1.82) is 0 Å². The molecule has 1 amide bonds. The summed E-state index contributed by atoms with van der Waals surface area (Å²) in [6.07, 6.45) is 0. The highest BCUT2D eigenvalue weighted by molar-refractivity contribution is 6.06. The normalized spacial score (nSPS) is 10.1. The van der Waals surface area contributed by atoms with Gasteiger partial charge < -0.3 is 15.4 Å². The van der Waals surface area contributed by atoms with Crippen molar-refractivity contribution in [2.75, 3.05) is 23.8 Å². The average Bonchev–Trinajstić information content (AvgIpc) is 2.57. The highest BCUT2D eigenvalue weighted by Crippen LogP contribution is 2.25. The van der Waals surface area contributed by atoms with Crippen molar-refractivity contribution in [3.8, 4) is 0 Å². The molecule has 0 aromatic heterocycles. The lowest BCUT2D eigenvalue weighted by Crippen LogP contribution is -2.16. The number of carbonyl (C=O) groups is 2. The molecule has 6 heteroatoms. The highest BCUT2D eigenvalue weighted by Gasteiger charge is 2.15. The van der Waals surface area contributed by atoms with E-state index < -0.39 is 17.7 Å². The number of amides is 1. The topological polar surface area (TPSA) is 67.4 Å². The molecule has 0 spiro atoms. The molecule has 0 aliphatic carbocycles. The Hall–Kier alpha value is -2.89. The Balaban J connectivity index is 2.32. The largest absolute Gasteiger partial charge is 0.462 e. The Bertz CT molecular complexity index is 747. The van der Waals surface area contributed by atoms with Crippen LogP contribution < -0.4 is 10.6 Å². The lowest BCUT2D eigenvalue weighted by molar-refractivity contribution is 0.0526. The quantitative estimate of drug-likeness (QED) is 0.793. The van der Waals surface area contributed by atoms with Gasteiger partial charge in [-0.05, 0) is 44.2 Å². The van der Waals surface area contributed by atoms with Crippen LogP contribution in [0.5, 0.6) is 0 Å². The second-order valence-corrected chi connectivity index (χ2v) is 4.95. The second-order valence-electron chi connectivity index (χ2n) is 4.95. The monoisotopic (exact) mass is 330 g/mol. The number of hydrogen-bond donors (Lipinski definition) is 2. The number of ether oxygens (including phenoxy) is 1. The molecule has 0 radical (unpaired) electrons. The molecule has 0 saturated carbocycles. The number of carbonyl (C=O) groups excluding carboxylic acids is 2. The Kier molecular flexibility index (Phi) is 5.89. The SMILES string of the molecule is CCNc1ccc(C(=O)OCC)cc1NC(=O)c1ccccc1F. The zero-order chi connectivity index (χ0) is 17.5. The van der Waals surface area contributed by atoms with Crippen LogP contribution in [0.15, 0.2) is 42.5 Å². The third-order valence-corrected chi connectivity index (χ3v) is 3.26. The van der Waals surface area contributed by atoms with Crippen molar-refractivity contribution < 1.29 is 18.7 Å². The Morgan fingerprint density at radius 1 is 1.08 bits per heavy atom. The fourth-order valence-electron chi connectivity index (χ4n) is 2.17. The van der Waals surface area contributed by atoms with E-state index in [1.807, 2.05) is 6.92 Å². The minimum absolute atomic E-state index is 0.0681. The van der Waals surface area contributed by atoms with Gasteiger partial charge >= 0.3 is 5.97 Å². The van der Waals surface area contributed by atoms with Crippen LogP contribution in [0.4, 0.5) is 15.8 Å². The van der Waals surface area contributed by atoms with E-state index in [1.54, 1.807) is 25.1 Å². The second kappa shape index (κ2) is 8.10. The zero-order valence-corrected chi connectivity index (χ0v) is 13.6. The fourth-order valence-corrected chi connectivity index (χ4v) is 2.17. The summed E-state index contributed by atoms with van der Waals surface area (Å²) in [5.74, 6) is -1.68. The van der Waals surface area contributed by atoms with Crippen LogP contribution in [0.1, 0.15) is 34.6 Å². The lowest BCUT2D eigenvalue weighted by atomic mass is 10.1. The molecular formula is C18H19FN2O3. The maximum absolute atomic E-state index is 13.7. The van der Waals surface area contributed by atoms with Crippen LogP contribution in [0, 0.1) is 5.82 Å². The molecule has 126 valence electrons. The van der Waals surface area contributed by atoms with Crippen molar-refractivity contribution in [2.24, 2.45) is 0 Å². The van der Waals surface area contributed by atoms with Crippen molar-refractivity contribution in [2.45, 2.75) is 13.8 Å². The molecule has 0 saturated heterocycles. The summed E-state index contributed by atoms with van der Waals surface area (Å²) in [7, 11) is 0.